The minimum Gasteiger partial charge on any atom is -0.493 e. The monoisotopic (exact) mass is 295 g/mol. The van der Waals surface area contributed by atoms with Crippen LogP contribution in [0.4, 0.5) is 0 Å². The van der Waals surface area contributed by atoms with Crippen LogP contribution in [0.25, 0.3) is 0 Å². The topological polar surface area (TPSA) is 60.0 Å². The van der Waals surface area contributed by atoms with Crippen molar-refractivity contribution in [3.8, 4) is 17.2 Å². The predicted molar refractivity (Wildman–Crippen MR) is 81.2 cm³/mol. The number of nitrogens with one attached hydrogen (secondary N) is 1. The Labute approximate surface area is 126 Å². The van der Waals surface area contributed by atoms with Crippen LogP contribution < -0.4 is 19.5 Å². The van der Waals surface area contributed by atoms with Gasteiger partial charge in [-0.2, -0.15) is 0 Å². The van der Waals surface area contributed by atoms with E-state index in [1.54, 1.807) is 7.11 Å². The van der Waals surface area contributed by atoms with E-state index in [0.717, 1.165) is 17.7 Å². The molecule has 0 aromatic heterocycles. The molecule has 2 rings (SSSR count). The quantitative estimate of drug-likeness (QED) is 0.805. The molecular weight excluding hydrogens is 270 g/mol. The van der Waals surface area contributed by atoms with Gasteiger partial charge in [0.25, 0.3) is 0 Å². The molecule has 1 aromatic carbocycles. The van der Waals surface area contributed by atoms with Crippen molar-refractivity contribution in [3.63, 3.8) is 0 Å². The lowest BCUT2D eigenvalue weighted by molar-refractivity contribution is 0.164. The first-order valence-corrected chi connectivity index (χ1v) is 7.44. The maximum atomic E-state index is 9.41. The summed E-state index contributed by atoms with van der Waals surface area (Å²) in [5, 5.41) is 12.8. The molecule has 118 valence electrons. The molecule has 0 bridgehead atoms. The lowest BCUT2D eigenvalue weighted by atomic mass is 10.0. The molecule has 0 saturated heterocycles. The number of methoxy groups -OCH3 is 1. The number of benzene rings is 1. The third-order valence-corrected chi connectivity index (χ3v) is 3.46. The van der Waals surface area contributed by atoms with Gasteiger partial charge in [0.2, 0.25) is 5.75 Å². The number of aliphatic hydroxyl groups excluding tert-OH is 1. The van der Waals surface area contributed by atoms with Gasteiger partial charge in [-0.25, -0.2) is 0 Å². The SMILES string of the molecule is COc1cc(CNC(CO)CC(C)C)cc2c1OCCO2. The zero-order valence-corrected chi connectivity index (χ0v) is 13.0. The molecule has 1 atom stereocenters. The van der Waals surface area contributed by atoms with Crippen molar-refractivity contribution in [2.24, 2.45) is 5.92 Å². The Morgan fingerprint density at radius 2 is 2.05 bits per heavy atom. The van der Waals surface area contributed by atoms with Crippen LogP contribution in [0.5, 0.6) is 17.2 Å². The first kappa shape index (κ1) is 15.9. The number of aliphatic hydroxyl groups is 1. The largest absolute Gasteiger partial charge is 0.493 e. The van der Waals surface area contributed by atoms with Crippen LogP contribution in [0.2, 0.25) is 0 Å². The zero-order chi connectivity index (χ0) is 15.2. The summed E-state index contributed by atoms with van der Waals surface area (Å²) in [6.45, 7) is 6.20. The summed E-state index contributed by atoms with van der Waals surface area (Å²) in [7, 11) is 1.63. The van der Waals surface area contributed by atoms with E-state index < -0.39 is 0 Å². The third kappa shape index (κ3) is 4.25. The van der Waals surface area contributed by atoms with Crippen molar-refractivity contribution in [2.45, 2.75) is 32.9 Å². The molecule has 5 heteroatoms. The molecular formula is C16H25NO4. The standard InChI is InChI=1S/C16H25NO4/c1-11(2)6-13(10-18)17-9-12-7-14(19-3)16-15(8-12)20-4-5-21-16/h7-8,11,13,17-18H,4-6,9-10H2,1-3H3. The lowest BCUT2D eigenvalue weighted by Gasteiger charge is -2.22. The van der Waals surface area contributed by atoms with Crippen LogP contribution in [0.15, 0.2) is 12.1 Å². The smallest absolute Gasteiger partial charge is 0.203 e. The molecule has 5 nitrogen and oxygen atoms in total. The first-order valence-electron chi connectivity index (χ1n) is 7.44. The summed E-state index contributed by atoms with van der Waals surface area (Å²) in [4.78, 5) is 0. The summed E-state index contributed by atoms with van der Waals surface area (Å²) in [6.07, 6.45) is 0.943. The Morgan fingerprint density at radius 1 is 1.29 bits per heavy atom. The number of hydrogen-bond donors (Lipinski definition) is 2. The van der Waals surface area contributed by atoms with Gasteiger partial charge in [-0.05, 0) is 30.0 Å². The molecule has 1 aromatic rings. The van der Waals surface area contributed by atoms with Crippen molar-refractivity contribution in [1.82, 2.24) is 5.32 Å². The molecule has 1 unspecified atom stereocenters. The van der Waals surface area contributed by atoms with Crippen LogP contribution in [0.1, 0.15) is 25.8 Å². The van der Waals surface area contributed by atoms with Crippen LogP contribution in [-0.2, 0) is 6.54 Å². The Balaban J connectivity index is 2.06. The second kappa shape index (κ2) is 7.52. The molecule has 0 aliphatic carbocycles. The van der Waals surface area contributed by atoms with Crippen LogP contribution in [-0.4, -0.2) is 38.1 Å². The van der Waals surface area contributed by atoms with E-state index in [4.69, 9.17) is 14.2 Å². The van der Waals surface area contributed by atoms with Gasteiger partial charge >= 0.3 is 0 Å². The fraction of sp³-hybridized carbons (Fsp3) is 0.625. The highest BCUT2D eigenvalue weighted by molar-refractivity contribution is 5.54. The maximum Gasteiger partial charge on any atom is 0.203 e. The summed E-state index contributed by atoms with van der Waals surface area (Å²) >= 11 is 0. The van der Waals surface area contributed by atoms with Crippen molar-refractivity contribution >= 4 is 0 Å². The Morgan fingerprint density at radius 3 is 2.71 bits per heavy atom. The second-order valence-electron chi connectivity index (χ2n) is 5.71. The lowest BCUT2D eigenvalue weighted by Crippen LogP contribution is -2.33. The van der Waals surface area contributed by atoms with Gasteiger partial charge in [0.1, 0.15) is 13.2 Å². The van der Waals surface area contributed by atoms with Gasteiger partial charge in [0.15, 0.2) is 11.5 Å². The van der Waals surface area contributed by atoms with E-state index in [1.807, 2.05) is 12.1 Å². The van der Waals surface area contributed by atoms with Crippen molar-refractivity contribution in [2.75, 3.05) is 26.9 Å². The summed E-state index contributed by atoms with van der Waals surface area (Å²) in [5.41, 5.74) is 1.05. The minimum absolute atomic E-state index is 0.101. The van der Waals surface area contributed by atoms with E-state index >= 15 is 0 Å². The molecule has 1 aliphatic rings. The minimum atomic E-state index is 0.101. The zero-order valence-electron chi connectivity index (χ0n) is 13.0. The van der Waals surface area contributed by atoms with E-state index in [2.05, 4.69) is 19.2 Å². The highest BCUT2D eigenvalue weighted by Gasteiger charge is 2.19. The average molecular weight is 295 g/mol. The van der Waals surface area contributed by atoms with Crippen molar-refractivity contribution in [3.05, 3.63) is 17.7 Å². The molecule has 2 N–H and O–H groups in total. The van der Waals surface area contributed by atoms with E-state index in [9.17, 15) is 5.11 Å². The summed E-state index contributed by atoms with van der Waals surface area (Å²) in [6, 6.07) is 4.02. The molecule has 1 heterocycles. The van der Waals surface area contributed by atoms with E-state index in [-0.39, 0.29) is 12.6 Å². The van der Waals surface area contributed by atoms with Gasteiger partial charge in [-0.3, -0.25) is 0 Å². The molecule has 0 fully saturated rings. The first-order chi connectivity index (χ1) is 10.1. The maximum absolute atomic E-state index is 9.41. The van der Waals surface area contributed by atoms with Crippen LogP contribution >= 0.6 is 0 Å². The van der Waals surface area contributed by atoms with Gasteiger partial charge in [0, 0.05) is 12.6 Å². The third-order valence-electron chi connectivity index (χ3n) is 3.46. The number of rotatable bonds is 7. The number of hydrogen-bond acceptors (Lipinski definition) is 5. The van der Waals surface area contributed by atoms with Gasteiger partial charge in [0.05, 0.1) is 13.7 Å². The van der Waals surface area contributed by atoms with Crippen LogP contribution in [0.3, 0.4) is 0 Å². The molecule has 0 spiro atoms. The molecule has 21 heavy (non-hydrogen) atoms. The molecule has 0 radical (unpaired) electrons. The average Bonchev–Trinajstić information content (AvgIpc) is 2.50. The summed E-state index contributed by atoms with van der Waals surface area (Å²) < 4.78 is 16.6. The van der Waals surface area contributed by atoms with Crippen LogP contribution in [0, 0.1) is 5.92 Å². The van der Waals surface area contributed by atoms with Crippen molar-refractivity contribution in [1.29, 1.82) is 0 Å². The second-order valence-corrected chi connectivity index (χ2v) is 5.71. The predicted octanol–water partition coefficient (Wildman–Crippen LogP) is 1.96. The van der Waals surface area contributed by atoms with Crippen molar-refractivity contribution < 1.29 is 19.3 Å². The highest BCUT2D eigenvalue weighted by atomic mass is 16.6. The molecule has 0 amide bonds. The normalized spacial score (nSPS) is 15.1. The Kier molecular flexibility index (Phi) is 5.70. The Bertz CT molecular complexity index is 445. The van der Waals surface area contributed by atoms with Gasteiger partial charge in [-0.1, -0.05) is 13.8 Å². The fourth-order valence-corrected chi connectivity index (χ4v) is 2.48. The van der Waals surface area contributed by atoms with Gasteiger partial charge in [-0.15, -0.1) is 0 Å². The highest BCUT2D eigenvalue weighted by Crippen LogP contribution is 2.40. The van der Waals surface area contributed by atoms with E-state index in [1.165, 1.54) is 0 Å². The molecule has 1 aliphatic heterocycles. The number of ether oxygens (including phenoxy) is 3. The fourth-order valence-electron chi connectivity index (χ4n) is 2.48. The molecule has 0 saturated carbocycles. The van der Waals surface area contributed by atoms with Gasteiger partial charge < -0.3 is 24.6 Å². The summed E-state index contributed by atoms with van der Waals surface area (Å²) in [5.74, 6) is 2.63. The number of fused-ring (bicyclic) bond motifs is 1. The van der Waals surface area contributed by atoms with E-state index in [0.29, 0.717) is 37.2 Å². The Hall–Kier alpha value is -1.46.